The lowest BCUT2D eigenvalue weighted by molar-refractivity contribution is -0.121. The summed E-state index contributed by atoms with van der Waals surface area (Å²) in [6, 6.07) is 19.0. The van der Waals surface area contributed by atoms with Gasteiger partial charge in [0.15, 0.2) is 0 Å². The Kier molecular flexibility index (Phi) is 4.01. The number of para-hydroxylation sites is 1. The summed E-state index contributed by atoms with van der Waals surface area (Å²) in [5, 5.41) is 7.45. The SMILES string of the molecule is CCn1ccc(C(=O)N2CC[C@]3(C(=O)Nc4ccccc43)[C@@H]2c2ccccc2)n1. The van der Waals surface area contributed by atoms with Gasteiger partial charge in [0.05, 0.1) is 6.04 Å². The number of amides is 2. The van der Waals surface area contributed by atoms with Gasteiger partial charge in [0.2, 0.25) is 5.91 Å². The molecule has 0 bridgehead atoms. The average Bonchev–Trinajstić information content (AvgIpc) is 3.46. The molecule has 2 atom stereocenters. The first-order valence-electron chi connectivity index (χ1n) is 9.95. The van der Waals surface area contributed by atoms with Gasteiger partial charge < -0.3 is 10.2 Å². The molecule has 2 amide bonds. The lowest BCUT2D eigenvalue weighted by Crippen LogP contribution is -2.42. The molecular weight excluding hydrogens is 364 g/mol. The standard InChI is InChI=1S/C23H22N4O2/c1-2-26-14-12-19(25-26)21(28)27-15-13-23(20(27)16-8-4-3-5-9-16)17-10-6-7-11-18(17)24-22(23)29/h3-12,14,20H,2,13,15H2,1H3,(H,24,29)/t20-,23+/m0/s1. The zero-order valence-corrected chi connectivity index (χ0v) is 16.2. The van der Waals surface area contributed by atoms with Gasteiger partial charge in [0.1, 0.15) is 11.1 Å². The molecule has 1 spiro atoms. The molecule has 1 fully saturated rings. The monoisotopic (exact) mass is 386 g/mol. The Morgan fingerprint density at radius 3 is 2.66 bits per heavy atom. The van der Waals surface area contributed by atoms with Crippen molar-refractivity contribution in [3.05, 3.63) is 83.7 Å². The predicted octanol–water partition coefficient (Wildman–Crippen LogP) is 3.38. The molecule has 1 aromatic heterocycles. The van der Waals surface area contributed by atoms with Crippen LogP contribution in [0.3, 0.4) is 0 Å². The van der Waals surface area contributed by atoms with Crippen LogP contribution in [0.15, 0.2) is 66.9 Å². The molecule has 0 radical (unpaired) electrons. The van der Waals surface area contributed by atoms with E-state index >= 15 is 0 Å². The number of aromatic nitrogens is 2. The first kappa shape index (κ1) is 17.7. The molecule has 3 aromatic rings. The van der Waals surface area contributed by atoms with Gasteiger partial charge in [-0.05, 0) is 36.6 Å². The van der Waals surface area contributed by atoms with E-state index in [1.165, 1.54) is 0 Å². The minimum absolute atomic E-state index is 0.0399. The van der Waals surface area contributed by atoms with Crippen LogP contribution in [0.4, 0.5) is 5.69 Å². The summed E-state index contributed by atoms with van der Waals surface area (Å²) in [6.07, 6.45) is 2.39. The fourth-order valence-corrected chi connectivity index (χ4v) is 4.80. The van der Waals surface area contributed by atoms with Crippen LogP contribution in [-0.4, -0.2) is 33.0 Å². The molecule has 2 aliphatic heterocycles. The van der Waals surface area contributed by atoms with Crippen molar-refractivity contribution in [2.45, 2.75) is 31.3 Å². The maximum Gasteiger partial charge on any atom is 0.274 e. The van der Waals surface area contributed by atoms with E-state index in [0.717, 1.165) is 16.8 Å². The van der Waals surface area contributed by atoms with Crippen LogP contribution in [-0.2, 0) is 16.8 Å². The molecule has 3 heterocycles. The number of carbonyl (C=O) groups excluding carboxylic acids is 2. The third-order valence-corrected chi connectivity index (χ3v) is 6.15. The van der Waals surface area contributed by atoms with Crippen LogP contribution in [0, 0.1) is 0 Å². The number of fused-ring (bicyclic) bond motifs is 2. The van der Waals surface area contributed by atoms with Gasteiger partial charge in [-0.2, -0.15) is 5.10 Å². The highest BCUT2D eigenvalue weighted by Crippen LogP contribution is 2.54. The highest BCUT2D eigenvalue weighted by atomic mass is 16.2. The van der Waals surface area contributed by atoms with Crippen molar-refractivity contribution in [3.8, 4) is 0 Å². The van der Waals surface area contributed by atoms with Gasteiger partial charge in [-0.3, -0.25) is 14.3 Å². The maximum atomic E-state index is 13.4. The number of benzene rings is 2. The van der Waals surface area contributed by atoms with Gasteiger partial charge in [-0.25, -0.2) is 0 Å². The topological polar surface area (TPSA) is 67.2 Å². The Morgan fingerprint density at radius 1 is 1.14 bits per heavy atom. The third-order valence-electron chi connectivity index (χ3n) is 6.15. The second-order valence-corrected chi connectivity index (χ2v) is 7.59. The number of nitrogens with one attached hydrogen (secondary N) is 1. The van der Waals surface area contributed by atoms with E-state index in [4.69, 9.17) is 0 Å². The van der Waals surface area contributed by atoms with Crippen LogP contribution in [0.2, 0.25) is 0 Å². The molecule has 2 aromatic carbocycles. The summed E-state index contributed by atoms with van der Waals surface area (Å²) in [4.78, 5) is 28.6. The fourth-order valence-electron chi connectivity index (χ4n) is 4.80. The van der Waals surface area contributed by atoms with Gasteiger partial charge >= 0.3 is 0 Å². The molecule has 0 aliphatic carbocycles. The molecule has 2 aliphatic rings. The first-order valence-corrected chi connectivity index (χ1v) is 9.95. The smallest absolute Gasteiger partial charge is 0.274 e. The lowest BCUT2D eigenvalue weighted by Gasteiger charge is -2.34. The Bertz CT molecular complexity index is 1090. The number of rotatable bonds is 3. The van der Waals surface area contributed by atoms with Crippen LogP contribution in [0.5, 0.6) is 0 Å². The molecule has 0 unspecified atom stereocenters. The summed E-state index contributed by atoms with van der Waals surface area (Å²) in [5.74, 6) is -0.179. The zero-order valence-electron chi connectivity index (χ0n) is 16.2. The molecule has 6 heteroatoms. The van der Waals surface area contributed by atoms with Crippen LogP contribution in [0.25, 0.3) is 0 Å². The molecule has 29 heavy (non-hydrogen) atoms. The summed E-state index contributed by atoms with van der Waals surface area (Å²) in [7, 11) is 0. The molecule has 6 nitrogen and oxygen atoms in total. The Hall–Kier alpha value is -3.41. The highest BCUT2D eigenvalue weighted by Gasteiger charge is 2.59. The van der Waals surface area contributed by atoms with Crippen molar-refractivity contribution in [1.29, 1.82) is 0 Å². The molecule has 146 valence electrons. The summed E-state index contributed by atoms with van der Waals surface area (Å²) < 4.78 is 1.74. The van der Waals surface area contributed by atoms with Crippen molar-refractivity contribution >= 4 is 17.5 Å². The number of hydrogen-bond donors (Lipinski definition) is 1. The lowest BCUT2D eigenvalue weighted by atomic mass is 9.72. The molecule has 0 saturated carbocycles. The number of likely N-dealkylation sites (tertiary alicyclic amines) is 1. The van der Waals surface area contributed by atoms with E-state index in [1.54, 1.807) is 10.7 Å². The maximum absolute atomic E-state index is 13.4. The fraction of sp³-hybridized carbons (Fsp3) is 0.261. The van der Waals surface area contributed by atoms with Gasteiger partial charge in [-0.1, -0.05) is 48.5 Å². The summed E-state index contributed by atoms with van der Waals surface area (Å²) in [6.45, 7) is 3.19. The number of nitrogens with zero attached hydrogens (tertiary/aromatic N) is 3. The second-order valence-electron chi connectivity index (χ2n) is 7.59. The van der Waals surface area contributed by atoms with E-state index in [-0.39, 0.29) is 17.9 Å². The molecule has 1 N–H and O–H groups in total. The Balaban J connectivity index is 1.64. The minimum Gasteiger partial charge on any atom is -0.329 e. The van der Waals surface area contributed by atoms with E-state index < -0.39 is 5.41 Å². The average molecular weight is 386 g/mol. The summed E-state index contributed by atoms with van der Waals surface area (Å²) >= 11 is 0. The summed E-state index contributed by atoms with van der Waals surface area (Å²) in [5.41, 5.74) is 2.38. The second kappa shape index (κ2) is 6.58. The minimum atomic E-state index is -0.791. The number of anilines is 1. The van der Waals surface area contributed by atoms with E-state index in [0.29, 0.717) is 25.2 Å². The normalized spacial score (nSPS) is 22.7. The molecule has 1 saturated heterocycles. The van der Waals surface area contributed by atoms with Crippen LogP contribution >= 0.6 is 0 Å². The van der Waals surface area contributed by atoms with Crippen LogP contribution in [0.1, 0.15) is 41.0 Å². The van der Waals surface area contributed by atoms with Crippen LogP contribution < -0.4 is 5.32 Å². The van der Waals surface area contributed by atoms with Gasteiger partial charge in [0.25, 0.3) is 5.91 Å². The number of aryl methyl sites for hydroxylation is 1. The van der Waals surface area contributed by atoms with Crippen molar-refractivity contribution in [1.82, 2.24) is 14.7 Å². The molecule has 5 rings (SSSR count). The quantitative estimate of drug-likeness (QED) is 0.750. The molecular formula is C23H22N4O2. The number of carbonyl (C=O) groups is 2. The highest BCUT2D eigenvalue weighted by molar-refractivity contribution is 6.08. The Labute approximate surface area is 169 Å². The predicted molar refractivity (Wildman–Crippen MR) is 109 cm³/mol. The van der Waals surface area contributed by atoms with E-state index in [1.807, 2.05) is 72.6 Å². The van der Waals surface area contributed by atoms with Crippen molar-refractivity contribution in [2.24, 2.45) is 0 Å². The Morgan fingerprint density at radius 2 is 1.90 bits per heavy atom. The van der Waals surface area contributed by atoms with Crippen molar-refractivity contribution < 1.29 is 9.59 Å². The largest absolute Gasteiger partial charge is 0.329 e. The van der Waals surface area contributed by atoms with Crippen molar-refractivity contribution in [3.63, 3.8) is 0 Å². The van der Waals surface area contributed by atoms with E-state index in [9.17, 15) is 9.59 Å². The van der Waals surface area contributed by atoms with Crippen molar-refractivity contribution in [2.75, 3.05) is 11.9 Å². The third kappa shape index (κ3) is 2.52. The van der Waals surface area contributed by atoms with Gasteiger partial charge in [-0.15, -0.1) is 0 Å². The van der Waals surface area contributed by atoms with E-state index in [2.05, 4.69) is 10.4 Å². The zero-order chi connectivity index (χ0) is 20.0. The van der Waals surface area contributed by atoms with Gasteiger partial charge in [0, 0.05) is 25.0 Å². The first-order chi connectivity index (χ1) is 14.1. The number of hydrogen-bond acceptors (Lipinski definition) is 3.